The third-order valence-corrected chi connectivity index (χ3v) is 5.74. The summed E-state index contributed by atoms with van der Waals surface area (Å²) in [5, 5.41) is 9.26. The maximum atomic E-state index is 13.4. The fourth-order valence-electron chi connectivity index (χ4n) is 3.68. The van der Waals surface area contributed by atoms with E-state index in [4.69, 9.17) is 9.47 Å². The highest BCUT2D eigenvalue weighted by atomic mass is 19.4. The van der Waals surface area contributed by atoms with Gasteiger partial charge in [-0.25, -0.2) is 4.98 Å². The van der Waals surface area contributed by atoms with E-state index < -0.39 is 36.8 Å². The largest absolute Gasteiger partial charge is 0.491 e. The standard InChI is InChI=1S/C23H26F5N3O4/c1-34-12-13-35-18-4-2-15(3-5-18)19-20(31-10-7-16(8-11-31)21(32)33)30-17(14-29-19)6-9-22(24,25)23(26,27)28/h2-5,14,16H,6-13H2,1H3,(H,32,33). The average molecular weight is 503 g/mol. The number of hydrogen-bond donors (Lipinski definition) is 1. The van der Waals surface area contributed by atoms with Crippen LogP contribution in [0.5, 0.6) is 5.75 Å². The topological polar surface area (TPSA) is 84.8 Å². The Hall–Kier alpha value is -3.02. The molecular formula is C23H26F5N3O4. The Bertz CT molecular complexity index is 994. The van der Waals surface area contributed by atoms with Crippen molar-refractivity contribution in [2.75, 3.05) is 38.3 Å². The van der Waals surface area contributed by atoms with Crippen LogP contribution in [0.2, 0.25) is 0 Å². The molecule has 192 valence electrons. The van der Waals surface area contributed by atoms with Gasteiger partial charge in [0.2, 0.25) is 0 Å². The molecule has 3 rings (SSSR count). The van der Waals surface area contributed by atoms with E-state index in [1.807, 2.05) is 0 Å². The summed E-state index contributed by atoms with van der Waals surface area (Å²) >= 11 is 0. The SMILES string of the molecule is COCCOc1ccc(-c2ncc(CCC(F)(F)C(F)(F)F)nc2N2CCC(C(=O)O)CC2)cc1. The van der Waals surface area contributed by atoms with Crippen molar-refractivity contribution in [1.29, 1.82) is 0 Å². The summed E-state index contributed by atoms with van der Waals surface area (Å²) in [6.45, 7) is 1.44. The number of halogens is 5. The number of nitrogens with zero attached hydrogens (tertiary/aromatic N) is 3. The number of rotatable bonds is 10. The molecule has 1 aliphatic rings. The molecule has 1 fully saturated rings. The molecule has 7 nitrogen and oxygen atoms in total. The zero-order valence-electron chi connectivity index (χ0n) is 19.0. The molecule has 1 aromatic heterocycles. The Morgan fingerprint density at radius 2 is 1.77 bits per heavy atom. The molecule has 12 heteroatoms. The minimum atomic E-state index is -5.64. The lowest BCUT2D eigenvalue weighted by atomic mass is 9.97. The Morgan fingerprint density at radius 1 is 1.11 bits per heavy atom. The molecule has 0 atom stereocenters. The van der Waals surface area contributed by atoms with Gasteiger partial charge in [0.1, 0.15) is 18.1 Å². The zero-order chi connectivity index (χ0) is 25.6. The van der Waals surface area contributed by atoms with Crippen molar-refractivity contribution < 1.29 is 41.3 Å². The maximum absolute atomic E-state index is 13.4. The Kier molecular flexibility index (Phi) is 8.47. The number of aryl methyl sites for hydroxylation is 1. The molecule has 0 spiro atoms. The van der Waals surface area contributed by atoms with E-state index in [-0.39, 0.29) is 5.69 Å². The summed E-state index contributed by atoms with van der Waals surface area (Å²) in [5.41, 5.74) is 1.04. The molecule has 0 unspecified atom stereocenters. The first-order valence-electron chi connectivity index (χ1n) is 11.0. The summed E-state index contributed by atoms with van der Waals surface area (Å²) in [5.74, 6) is -5.35. The number of carboxylic acid groups (broad SMARTS) is 1. The van der Waals surface area contributed by atoms with Crippen LogP contribution in [-0.4, -0.2) is 66.6 Å². The second-order valence-corrected chi connectivity index (χ2v) is 8.20. The van der Waals surface area contributed by atoms with Crippen LogP contribution >= 0.6 is 0 Å². The van der Waals surface area contributed by atoms with Crippen LogP contribution in [0.25, 0.3) is 11.3 Å². The van der Waals surface area contributed by atoms with Gasteiger partial charge in [-0.3, -0.25) is 9.78 Å². The molecule has 35 heavy (non-hydrogen) atoms. The normalized spacial score (nSPS) is 15.3. The zero-order valence-corrected chi connectivity index (χ0v) is 19.0. The molecule has 1 saturated heterocycles. The van der Waals surface area contributed by atoms with Crippen molar-refractivity contribution in [3.63, 3.8) is 0 Å². The lowest BCUT2D eigenvalue weighted by Gasteiger charge is -2.32. The Morgan fingerprint density at radius 3 is 2.34 bits per heavy atom. The van der Waals surface area contributed by atoms with E-state index in [2.05, 4.69) is 9.97 Å². The van der Waals surface area contributed by atoms with Crippen LogP contribution in [0.1, 0.15) is 25.0 Å². The maximum Gasteiger partial charge on any atom is 0.453 e. The number of alkyl halides is 5. The average Bonchev–Trinajstić information content (AvgIpc) is 2.83. The van der Waals surface area contributed by atoms with Crippen LogP contribution in [0, 0.1) is 5.92 Å². The molecule has 1 aliphatic heterocycles. The highest BCUT2D eigenvalue weighted by Gasteiger charge is 2.56. The molecule has 2 aromatic rings. The first-order valence-corrected chi connectivity index (χ1v) is 11.0. The number of hydrogen-bond acceptors (Lipinski definition) is 6. The summed E-state index contributed by atoms with van der Waals surface area (Å²) in [6, 6.07) is 6.89. The van der Waals surface area contributed by atoms with E-state index >= 15 is 0 Å². The number of carboxylic acids is 1. The van der Waals surface area contributed by atoms with E-state index in [0.29, 0.717) is 62.0 Å². The molecule has 0 radical (unpaired) electrons. The number of methoxy groups -OCH3 is 1. The first-order chi connectivity index (χ1) is 16.5. The van der Waals surface area contributed by atoms with Gasteiger partial charge in [-0.1, -0.05) is 0 Å². The van der Waals surface area contributed by atoms with E-state index in [0.717, 1.165) is 0 Å². The summed E-state index contributed by atoms with van der Waals surface area (Å²) < 4.78 is 75.0. The van der Waals surface area contributed by atoms with Crippen molar-refractivity contribution in [2.45, 2.75) is 37.8 Å². The lowest BCUT2D eigenvalue weighted by molar-refractivity contribution is -0.284. The summed E-state index contributed by atoms with van der Waals surface area (Å²) in [4.78, 5) is 21.8. The highest BCUT2D eigenvalue weighted by Crippen LogP contribution is 2.39. The molecule has 2 heterocycles. The minimum Gasteiger partial charge on any atom is -0.491 e. The van der Waals surface area contributed by atoms with Gasteiger partial charge in [-0.2, -0.15) is 22.0 Å². The number of piperidine rings is 1. The monoisotopic (exact) mass is 503 g/mol. The summed E-state index contributed by atoms with van der Waals surface area (Å²) in [7, 11) is 1.56. The van der Waals surface area contributed by atoms with Crippen molar-refractivity contribution in [3.8, 4) is 17.0 Å². The van der Waals surface area contributed by atoms with Gasteiger partial charge < -0.3 is 19.5 Å². The van der Waals surface area contributed by atoms with Crippen LogP contribution in [0.4, 0.5) is 27.8 Å². The first kappa shape index (κ1) is 26.6. The van der Waals surface area contributed by atoms with Crippen molar-refractivity contribution in [2.24, 2.45) is 5.92 Å². The third-order valence-electron chi connectivity index (χ3n) is 5.74. The van der Waals surface area contributed by atoms with E-state index in [1.165, 1.54) is 6.20 Å². The third kappa shape index (κ3) is 6.77. The molecular weight excluding hydrogens is 477 g/mol. The van der Waals surface area contributed by atoms with Crippen LogP contribution in [0.3, 0.4) is 0 Å². The molecule has 0 aliphatic carbocycles. The highest BCUT2D eigenvalue weighted by molar-refractivity contribution is 5.74. The van der Waals surface area contributed by atoms with Gasteiger partial charge in [0.25, 0.3) is 0 Å². The fourth-order valence-corrected chi connectivity index (χ4v) is 3.68. The van der Waals surface area contributed by atoms with Crippen molar-refractivity contribution in [3.05, 3.63) is 36.2 Å². The second kappa shape index (κ2) is 11.1. The molecule has 0 saturated carbocycles. The van der Waals surface area contributed by atoms with E-state index in [1.54, 1.807) is 36.3 Å². The van der Waals surface area contributed by atoms with Gasteiger partial charge in [0, 0.05) is 38.4 Å². The quantitative estimate of drug-likeness (QED) is 0.375. The predicted molar refractivity (Wildman–Crippen MR) is 117 cm³/mol. The summed E-state index contributed by atoms with van der Waals surface area (Å²) in [6.07, 6.45) is -5.82. The second-order valence-electron chi connectivity index (χ2n) is 8.20. The fraction of sp³-hybridized carbons (Fsp3) is 0.522. The number of benzene rings is 1. The van der Waals surface area contributed by atoms with E-state index in [9.17, 15) is 31.9 Å². The smallest absolute Gasteiger partial charge is 0.453 e. The molecule has 1 aromatic carbocycles. The molecule has 0 bridgehead atoms. The Balaban J connectivity index is 1.86. The lowest BCUT2D eigenvalue weighted by Crippen LogP contribution is -2.38. The molecule has 0 amide bonds. The minimum absolute atomic E-state index is 0.00690. The van der Waals surface area contributed by atoms with Gasteiger partial charge in [0.15, 0.2) is 5.82 Å². The van der Waals surface area contributed by atoms with Crippen LogP contribution in [-0.2, 0) is 16.0 Å². The van der Waals surface area contributed by atoms with Crippen molar-refractivity contribution >= 4 is 11.8 Å². The van der Waals surface area contributed by atoms with Crippen molar-refractivity contribution in [1.82, 2.24) is 9.97 Å². The number of aromatic nitrogens is 2. The number of aliphatic carboxylic acids is 1. The predicted octanol–water partition coefficient (Wildman–Crippen LogP) is 4.60. The Labute approximate surface area is 198 Å². The van der Waals surface area contributed by atoms with Gasteiger partial charge in [-0.05, 0) is 43.5 Å². The number of anilines is 1. The van der Waals surface area contributed by atoms with Crippen LogP contribution < -0.4 is 9.64 Å². The number of carbonyl (C=O) groups is 1. The van der Waals surface area contributed by atoms with Gasteiger partial charge >= 0.3 is 18.1 Å². The van der Waals surface area contributed by atoms with Crippen LogP contribution in [0.15, 0.2) is 30.5 Å². The van der Waals surface area contributed by atoms with Gasteiger partial charge in [-0.15, -0.1) is 0 Å². The van der Waals surface area contributed by atoms with Gasteiger partial charge in [0.05, 0.1) is 18.2 Å². The number of ether oxygens (including phenoxy) is 2. The molecule has 1 N–H and O–H groups in total.